The fourth-order valence-corrected chi connectivity index (χ4v) is 2.00. The van der Waals surface area contributed by atoms with Crippen LogP contribution in [0, 0.1) is 5.82 Å². The molecule has 0 spiro atoms. The minimum absolute atomic E-state index is 0.0333. The van der Waals surface area contributed by atoms with Gasteiger partial charge in [0, 0.05) is 6.20 Å². The van der Waals surface area contributed by atoms with Crippen LogP contribution in [0.4, 0.5) is 10.1 Å². The molecule has 7 nitrogen and oxygen atoms in total. The van der Waals surface area contributed by atoms with Crippen molar-refractivity contribution >= 4 is 17.6 Å². The van der Waals surface area contributed by atoms with Crippen molar-refractivity contribution in [1.82, 2.24) is 9.78 Å². The van der Waals surface area contributed by atoms with Gasteiger partial charge in [0.1, 0.15) is 0 Å². The Balaban J connectivity index is 2.04. The molecule has 1 aromatic heterocycles. The van der Waals surface area contributed by atoms with Gasteiger partial charge >= 0.3 is 5.97 Å². The standard InChI is InChI=1S/C16H18FN3O4/c1-16(2,15(22)23)20-9-11(8-18-20)19-14(21)7-10-4-5-13(24-3)12(17)6-10/h4-6,8-9H,7H2,1-3H3,(H,19,21)(H,22,23). The molecule has 1 heterocycles. The highest BCUT2D eigenvalue weighted by Crippen LogP contribution is 2.19. The normalized spacial score (nSPS) is 11.2. The summed E-state index contributed by atoms with van der Waals surface area (Å²) in [6.07, 6.45) is 2.76. The molecule has 0 saturated carbocycles. The lowest BCUT2D eigenvalue weighted by molar-refractivity contribution is -0.146. The number of anilines is 1. The first-order valence-corrected chi connectivity index (χ1v) is 7.15. The Morgan fingerprint density at radius 2 is 2.12 bits per heavy atom. The van der Waals surface area contributed by atoms with Crippen molar-refractivity contribution in [3.8, 4) is 5.75 Å². The van der Waals surface area contributed by atoms with Gasteiger partial charge in [-0.2, -0.15) is 5.10 Å². The van der Waals surface area contributed by atoms with Crippen molar-refractivity contribution in [2.45, 2.75) is 25.8 Å². The molecule has 0 radical (unpaired) electrons. The number of nitrogens with one attached hydrogen (secondary N) is 1. The topological polar surface area (TPSA) is 93.5 Å². The van der Waals surface area contributed by atoms with E-state index in [0.29, 0.717) is 11.3 Å². The molecular formula is C16H18FN3O4. The third-order valence-electron chi connectivity index (χ3n) is 3.54. The summed E-state index contributed by atoms with van der Waals surface area (Å²) in [7, 11) is 1.36. The van der Waals surface area contributed by atoms with Gasteiger partial charge in [-0.05, 0) is 31.5 Å². The van der Waals surface area contributed by atoms with Crippen molar-refractivity contribution in [2.24, 2.45) is 0 Å². The van der Waals surface area contributed by atoms with Gasteiger partial charge in [0.15, 0.2) is 17.1 Å². The van der Waals surface area contributed by atoms with Crippen molar-refractivity contribution in [2.75, 3.05) is 12.4 Å². The molecule has 1 amide bonds. The summed E-state index contributed by atoms with van der Waals surface area (Å²) in [5, 5.41) is 15.7. The molecule has 2 rings (SSSR count). The molecular weight excluding hydrogens is 317 g/mol. The van der Waals surface area contributed by atoms with Crippen molar-refractivity contribution in [3.63, 3.8) is 0 Å². The van der Waals surface area contributed by atoms with Gasteiger partial charge in [0.05, 0.1) is 25.4 Å². The first-order valence-electron chi connectivity index (χ1n) is 7.15. The van der Waals surface area contributed by atoms with Crippen LogP contribution < -0.4 is 10.1 Å². The molecule has 2 N–H and O–H groups in total. The number of hydrogen-bond acceptors (Lipinski definition) is 4. The van der Waals surface area contributed by atoms with Gasteiger partial charge in [0.25, 0.3) is 0 Å². The minimum atomic E-state index is -1.23. The Hall–Kier alpha value is -2.90. The van der Waals surface area contributed by atoms with Crippen LogP contribution in [0.3, 0.4) is 0 Å². The molecule has 24 heavy (non-hydrogen) atoms. The fraction of sp³-hybridized carbons (Fsp3) is 0.312. The van der Waals surface area contributed by atoms with Gasteiger partial charge in [-0.3, -0.25) is 9.48 Å². The number of benzene rings is 1. The number of hydrogen-bond donors (Lipinski definition) is 2. The van der Waals surface area contributed by atoms with Crippen LogP contribution >= 0.6 is 0 Å². The van der Waals surface area contributed by atoms with E-state index in [1.54, 1.807) is 6.07 Å². The predicted octanol–water partition coefficient (Wildman–Crippen LogP) is 2.03. The van der Waals surface area contributed by atoms with E-state index >= 15 is 0 Å². The first-order chi connectivity index (χ1) is 11.2. The Morgan fingerprint density at radius 1 is 1.42 bits per heavy atom. The molecule has 8 heteroatoms. The van der Waals surface area contributed by atoms with Gasteiger partial charge in [-0.25, -0.2) is 9.18 Å². The number of aromatic nitrogens is 2. The van der Waals surface area contributed by atoms with E-state index in [2.05, 4.69) is 10.4 Å². The van der Waals surface area contributed by atoms with Crippen LogP contribution in [0.5, 0.6) is 5.75 Å². The third-order valence-corrected chi connectivity index (χ3v) is 3.54. The second-order valence-corrected chi connectivity index (χ2v) is 5.73. The number of amides is 1. The fourth-order valence-electron chi connectivity index (χ4n) is 2.00. The van der Waals surface area contributed by atoms with Crippen molar-refractivity contribution in [1.29, 1.82) is 0 Å². The number of ether oxygens (including phenoxy) is 1. The van der Waals surface area contributed by atoms with Gasteiger partial charge in [0.2, 0.25) is 5.91 Å². The Kier molecular flexibility index (Phi) is 4.87. The zero-order valence-corrected chi connectivity index (χ0v) is 13.5. The second kappa shape index (κ2) is 6.69. The second-order valence-electron chi connectivity index (χ2n) is 5.73. The summed E-state index contributed by atoms with van der Waals surface area (Å²) in [6, 6.07) is 4.28. The lowest BCUT2D eigenvalue weighted by Crippen LogP contribution is -2.35. The van der Waals surface area contributed by atoms with Crippen LogP contribution in [0.25, 0.3) is 0 Å². The monoisotopic (exact) mass is 335 g/mol. The summed E-state index contributed by atoms with van der Waals surface area (Å²) in [4.78, 5) is 23.2. The van der Waals surface area contributed by atoms with Crippen LogP contribution in [0.15, 0.2) is 30.6 Å². The average molecular weight is 335 g/mol. The van der Waals surface area contributed by atoms with E-state index in [9.17, 15) is 14.0 Å². The average Bonchev–Trinajstić information content (AvgIpc) is 2.96. The number of halogens is 1. The number of nitrogens with zero attached hydrogens (tertiary/aromatic N) is 2. The van der Waals surface area contributed by atoms with Crippen molar-refractivity contribution in [3.05, 3.63) is 42.0 Å². The molecule has 0 unspecified atom stereocenters. The lowest BCUT2D eigenvalue weighted by atomic mass is 10.1. The van der Waals surface area contributed by atoms with Crippen LogP contribution in [0.1, 0.15) is 19.4 Å². The zero-order valence-electron chi connectivity index (χ0n) is 13.5. The molecule has 0 fully saturated rings. The zero-order chi connectivity index (χ0) is 17.9. The molecule has 0 bridgehead atoms. The predicted molar refractivity (Wildman–Crippen MR) is 84.5 cm³/mol. The van der Waals surface area contributed by atoms with Gasteiger partial charge < -0.3 is 15.2 Å². The maximum atomic E-state index is 13.6. The minimum Gasteiger partial charge on any atom is -0.494 e. The SMILES string of the molecule is COc1ccc(CC(=O)Nc2cnn(C(C)(C)C(=O)O)c2)cc1F. The molecule has 0 aliphatic rings. The smallest absolute Gasteiger partial charge is 0.331 e. The highest BCUT2D eigenvalue weighted by molar-refractivity contribution is 5.92. The Morgan fingerprint density at radius 3 is 2.71 bits per heavy atom. The third kappa shape index (κ3) is 3.70. The number of methoxy groups -OCH3 is 1. The van der Waals surface area contributed by atoms with Crippen LogP contribution in [-0.4, -0.2) is 33.9 Å². The largest absolute Gasteiger partial charge is 0.494 e. The van der Waals surface area contributed by atoms with Crippen LogP contribution in [0.2, 0.25) is 0 Å². The van der Waals surface area contributed by atoms with E-state index in [-0.39, 0.29) is 18.1 Å². The van der Waals surface area contributed by atoms with Gasteiger partial charge in [-0.1, -0.05) is 6.07 Å². The Labute approximate surface area is 138 Å². The molecule has 0 atom stereocenters. The Bertz CT molecular complexity index is 770. The maximum absolute atomic E-state index is 13.6. The maximum Gasteiger partial charge on any atom is 0.331 e. The number of carboxylic acid groups (broad SMARTS) is 1. The first kappa shape index (κ1) is 17.5. The van der Waals surface area contributed by atoms with E-state index in [1.807, 2.05) is 0 Å². The number of rotatable bonds is 6. The summed E-state index contributed by atoms with van der Waals surface area (Å²) in [6.45, 7) is 2.99. The number of carbonyl (C=O) groups is 2. The molecule has 0 saturated heterocycles. The quantitative estimate of drug-likeness (QED) is 0.842. The number of aliphatic carboxylic acids is 1. The van der Waals surface area contributed by atoms with E-state index in [0.717, 1.165) is 0 Å². The van der Waals surface area contributed by atoms with E-state index in [1.165, 1.54) is 50.2 Å². The molecule has 1 aromatic carbocycles. The summed E-state index contributed by atoms with van der Waals surface area (Å²) in [5.41, 5.74) is -0.380. The molecule has 0 aliphatic carbocycles. The molecule has 0 aliphatic heterocycles. The summed E-state index contributed by atoms with van der Waals surface area (Å²) in [5.74, 6) is -1.85. The lowest BCUT2D eigenvalue weighted by Gasteiger charge is -2.19. The summed E-state index contributed by atoms with van der Waals surface area (Å²) < 4.78 is 19.7. The number of carbonyl (C=O) groups excluding carboxylic acids is 1. The van der Waals surface area contributed by atoms with E-state index in [4.69, 9.17) is 9.84 Å². The van der Waals surface area contributed by atoms with Crippen molar-refractivity contribution < 1.29 is 23.8 Å². The highest BCUT2D eigenvalue weighted by atomic mass is 19.1. The van der Waals surface area contributed by atoms with E-state index < -0.39 is 17.3 Å². The van der Waals surface area contributed by atoms with Crippen LogP contribution in [-0.2, 0) is 21.5 Å². The molecule has 2 aromatic rings. The molecule has 128 valence electrons. The van der Waals surface area contributed by atoms with Gasteiger partial charge in [-0.15, -0.1) is 0 Å². The number of carboxylic acids is 1. The summed E-state index contributed by atoms with van der Waals surface area (Å²) >= 11 is 0. The highest BCUT2D eigenvalue weighted by Gasteiger charge is 2.30.